The van der Waals surface area contributed by atoms with Crippen molar-refractivity contribution in [3.8, 4) is 0 Å². The van der Waals surface area contributed by atoms with Crippen LogP contribution in [-0.4, -0.2) is 20.6 Å². The molecule has 2 N–H and O–H groups in total. The fourth-order valence-corrected chi connectivity index (χ4v) is 2.95. The van der Waals surface area contributed by atoms with Gasteiger partial charge in [0.25, 0.3) is 5.91 Å². The van der Waals surface area contributed by atoms with Crippen molar-refractivity contribution in [2.75, 3.05) is 6.26 Å². The van der Waals surface area contributed by atoms with Crippen molar-refractivity contribution in [2.45, 2.75) is 17.6 Å². The molecule has 0 spiro atoms. The Labute approximate surface area is 87.2 Å². The van der Waals surface area contributed by atoms with E-state index in [1.54, 1.807) is 0 Å². The van der Waals surface area contributed by atoms with Gasteiger partial charge in [-0.1, -0.05) is 0 Å². The summed E-state index contributed by atoms with van der Waals surface area (Å²) >= 11 is 0. The summed E-state index contributed by atoms with van der Waals surface area (Å²) in [5.74, 6) is -0.371. The van der Waals surface area contributed by atoms with Crippen LogP contribution in [0.4, 0.5) is 0 Å². The predicted octanol–water partition coefficient (Wildman–Crippen LogP) is 0.412. The molecule has 0 aliphatic heterocycles. The molecule has 5 nitrogen and oxygen atoms in total. The van der Waals surface area contributed by atoms with Crippen LogP contribution in [0.2, 0.25) is 0 Å². The normalized spacial score (nSPS) is 18.7. The van der Waals surface area contributed by atoms with Crippen LogP contribution in [0.15, 0.2) is 16.5 Å². The Morgan fingerprint density at radius 2 is 2.07 bits per heavy atom. The molecule has 1 amide bonds. The van der Waals surface area contributed by atoms with E-state index in [-0.39, 0.29) is 5.76 Å². The summed E-state index contributed by atoms with van der Waals surface area (Å²) in [7, 11) is -3.20. The lowest BCUT2D eigenvalue weighted by Gasteiger charge is -2.08. The molecule has 2 rings (SSSR count). The molecule has 0 aromatic carbocycles. The van der Waals surface area contributed by atoms with E-state index in [2.05, 4.69) is 0 Å². The van der Waals surface area contributed by atoms with E-state index in [4.69, 9.17) is 10.2 Å². The summed E-state index contributed by atoms with van der Waals surface area (Å²) in [5, 5.41) is 0. The lowest BCUT2D eigenvalue weighted by atomic mass is 10.3. The summed E-state index contributed by atoms with van der Waals surface area (Å²) in [6.45, 7) is 0. The van der Waals surface area contributed by atoms with E-state index in [0.717, 1.165) is 0 Å². The van der Waals surface area contributed by atoms with Gasteiger partial charge in [-0.3, -0.25) is 4.79 Å². The maximum absolute atomic E-state index is 11.5. The third-order valence-corrected chi connectivity index (χ3v) is 4.74. The minimum Gasteiger partial charge on any atom is -0.454 e. The largest absolute Gasteiger partial charge is 0.454 e. The van der Waals surface area contributed by atoms with Gasteiger partial charge in [-0.15, -0.1) is 0 Å². The smallest absolute Gasteiger partial charge is 0.284 e. The molecule has 1 heterocycles. The first-order chi connectivity index (χ1) is 6.87. The van der Waals surface area contributed by atoms with Crippen molar-refractivity contribution in [3.63, 3.8) is 0 Å². The average molecular weight is 229 g/mol. The molecule has 6 heteroatoms. The first-order valence-electron chi connectivity index (χ1n) is 4.46. The van der Waals surface area contributed by atoms with Crippen LogP contribution in [0.3, 0.4) is 0 Å². The van der Waals surface area contributed by atoms with Crippen LogP contribution in [0.5, 0.6) is 0 Å². The highest BCUT2D eigenvalue weighted by atomic mass is 32.2. The number of hydrogen-bond donors (Lipinski definition) is 1. The van der Waals surface area contributed by atoms with Gasteiger partial charge in [-0.05, 0) is 25.0 Å². The third-order valence-electron chi connectivity index (χ3n) is 2.71. The molecular weight excluding hydrogens is 218 g/mol. The molecule has 0 unspecified atom stereocenters. The highest BCUT2D eigenvalue weighted by Gasteiger charge is 2.56. The Kier molecular flexibility index (Phi) is 1.94. The van der Waals surface area contributed by atoms with Gasteiger partial charge in [0.05, 0.1) is 0 Å². The van der Waals surface area contributed by atoms with E-state index in [1.807, 2.05) is 0 Å². The fourth-order valence-electron chi connectivity index (χ4n) is 1.63. The van der Waals surface area contributed by atoms with Gasteiger partial charge in [0.1, 0.15) is 10.5 Å². The quantitative estimate of drug-likeness (QED) is 0.812. The second-order valence-corrected chi connectivity index (χ2v) is 6.12. The first kappa shape index (κ1) is 10.2. The molecule has 1 saturated carbocycles. The Balaban J connectivity index is 2.43. The molecule has 0 bridgehead atoms. The number of carbonyl (C=O) groups is 1. The number of rotatable bonds is 3. The highest BCUT2D eigenvalue weighted by molar-refractivity contribution is 7.91. The minimum absolute atomic E-state index is 0.0000694. The Bertz CT molecular complexity index is 510. The van der Waals surface area contributed by atoms with E-state index >= 15 is 0 Å². The Morgan fingerprint density at radius 3 is 2.40 bits per heavy atom. The molecular formula is C9H11NO4S. The molecule has 82 valence electrons. The number of carbonyl (C=O) groups excluding carboxylic acids is 1. The van der Waals surface area contributed by atoms with Crippen molar-refractivity contribution in [2.24, 2.45) is 5.73 Å². The van der Waals surface area contributed by atoms with Crippen LogP contribution in [0.1, 0.15) is 29.2 Å². The number of hydrogen-bond acceptors (Lipinski definition) is 4. The Hall–Kier alpha value is -1.30. The number of primary amides is 1. The van der Waals surface area contributed by atoms with E-state index in [1.165, 1.54) is 18.4 Å². The zero-order valence-corrected chi connectivity index (χ0v) is 9.00. The molecule has 1 fully saturated rings. The van der Waals surface area contributed by atoms with Crippen LogP contribution in [0, 0.1) is 0 Å². The summed E-state index contributed by atoms with van der Waals surface area (Å²) in [6.07, 6.45) is 2.25. The second kappa shape index (κ2) is 2.85. The maximum atomic E-state index is 11.5. The standard InChI is InChI=1S/C9H11NO4S/c1-15(12,13)9(4-5-9)7-3-2-6(14-7)8(10)11/h2-3H,4-5H2,1H3,(H2,10,11). The maximum Gasteiger partial charge on any atom is 0.284 e. The average Bonchev–Trinajstić information content (AvgIpc) is 2.77. The first-order valence-corrected chi connectivity index (χ1v) is 6.36. The van der Waals surface area contributed by atoms with Crippen LogP contribution >= 0.6 is 0 Å². The molecule has 1 aliphatic carbocycles. The van der Waals surface area contributed by atoms with Crippen LogP contribution in [0.25, 0.3) is 0 Å². The highest BCUT2D eigenvalue weighted by Crippen LogP contribution is 2.52. The van der Waals surface area contributed by atoms with Gasteiger partial charge in [-0.25, -0.2) is 8.42 Å². The zero-order chi connectivity index (χ0) is 11.3. The predicted molar refractivity (Wildman–Crippen MR) is 53.0 cm³/mol. The summed E-state index contributed by atoms with van der Waals surface area (Å²) < 4.78 is 27.3. The Morgan fingerprint density at radius 1 is 1.47 bits per heavy atom. The summed E-state index contributed by atoms with van der Waals surface area (Å²) in [5.41, 5.74) is 5.02. The summed E-state index contributed by atoms with van der Waals surface area (Å²) in [6, 6.07) is 2.91. The monoisotopic (exact) mass is 229 g/mol. The fraction of sp³-hybridized carbons (Fsp3) is 0.444. The number of furan rings is 1. The van der Waals surface area contributed by atoms with Crippen LogP contribution in [-0.2, 0) is 14.6 Å². The molecule has 0 saturated heterocycles. The lowest BCUT2D eigenvalue weighted by Crippen LogP contribution is -2.18. The number of sulfone groups is 1. The topological polar surface area (TPSA) is 90.4 Å². The SMILES string of the molecule is CS(=O)(=O)C1(c2ccc(C(N)=O)o2)CC1. The van der Waals surface area contributed by atoms with Gasteiger partial charge in [0.2, 0.25) is 0 Å². The van der Waals surface area contributed by atoms with Gasteiger partial charge >= 0.3 is 0 Å². The van der Waals surface area contributed by atoms with Crippen molar-refractivity contribution in [1.29, 1.82) is 0 Å². The van der Waals surface area contributed by atoms with Crippen molar-refractivity contribution in [3.05, 3.63) is 23.7 Å². The number of amides is 1. The second-order valence-electron chi connectivity index (χ2n) is 3.79. The van der Waals surface area contributed by atoms with Crippen molar-refractivity contribution >= 4 is 15.7 Å². The third kappa shape index (κ3) is 1.45. The molecule has 0 radical (unpaired) electrons. The molecule has 15 heavy (non-hydrogen) atoms. The molecule has 1 aromatic heterocycles. The lowest BCUT2D eigenvalue weighted by molar-refractivity contribution is 0.0972. The minimum atomic E-state index is -3.20. The van der Waals surface area contributed by atoms with E-state index in [0.29, 0.717) is 18.6 Å². The molecule has 0 atom stereocenters. The zero-order valence-electron chi connectivity index (χ0n) is 8.19. The molecule has 1 aliphatic rings. The number of nitrogens with two attached hydrogens (primary N) is 1. The van der Waals surface area contributed by atoms with Crippen LogP contribution < -0.4 is 5.73 Å². The van der Waals surface area contributed by atoms with Gasteiger partial charge in [0, 0.05) is 6.26 Å². The van der Waals surface area contributed by atoms with Crippen molar-refractivity contribution in [1.82, 2.24) is 0 Å². The van der Waals surface area contributed by atoms with E-state index < -0.39 is 20.5 Å². The van der Waals surface area contributed by atoms with E-state index in [9.17, 15) is 13.2 Å². The van der Waals surface area contributed by atoms with Gasteiger partial charge in [0.15, 0.2) is 15.6 Å². The van der Waals surface area contributed by atoms with Crippen molar-refractivity contribution < 1.29 is 17.6 Å². The summed E-state index contributed by atoms with van der Waals surface area (Å²) in [4.78, 5) is 10.8. The van der Waals surface area contributed by atoms with Gasteiger partial charge < -0.3 is 10.2 Å². The van der Waals surface area contributed by atoms with Gasteiger partial charge in [-0.2, -0.15) is 0 Å². The molecule has 1 aromatic rings.